The number of thiophene rings is 1. The first kappa shape index (κ1) is 13.5. The first-order valence-corrected chi connectivity index (χ1v) is 5.72. The Balaban J connectivity index is 3.32. The summed E-state index contributed by atoms with van der Waals surface area (Å²) in [4.78, 5) is 0.434. The molecule has 1 aromatic heterocycles. The summed E-state index contributed by atoms with van der Waals surface area (Å²) in [5, 5.41) is 11.4. The van der Waals surface area contributed by atoms with Gasteiger partial charge in [-0.25, -0.2) is 0 Å². The molecule has 2 atom stereocenters. The topological polar surface area (TPSA) is 46.2 Å². The highest BCUT2D eigenvalue weighted by molar-refractivity contribution is 7.10. The van der Waals surface area contributed by atoms with Crippen LogP contribution in [0, 0.1) is 6.92 Å². The van der Waals surface area contributed by atoms with Crippen molar-refractivity contribution >= 4 is 11.3 Å². The fourth-order valence-corrected chi connectivity index (χ4v) is 2.40. The second kappa shape index (κ2) is 4.35. The minimum atomic E-state index is -4.77. The minimum Gasteiger partial charge on any atom is -0.375 e. The van der Waals surface area contributed by atoms with Crippen LogP contribution in [0.15, 0.2) is 11.4 Å². The molecule has 1 rings (SSSR count). The number of halogens is 3. The van der Waals surface area contributed by atoms with Crippen molar-refractivity contribution in [1.29, 1.82) is 0 Å². The Kier molecular flexibility index (Phi) is 3.66. The monoisotopic (exact) mass is 253 g/mol. The van der Waals surface area contributed by atoms with Crippen molar-refractivity contribution in [3.63, 3.8) is 0 Å². The van der Waals surface area contributed by atoms with E-state index in [1.165, 1.54) is 18.4 Å². The summed E-state index contributed by atoms with van der Waals surface area (Å²) in [6.45, 7) is 3.06. The molecule has 0 aliphatic rings. The van der Waals surface area contributed by atoms with E-state index in [1.807, 2.05) is 0 Å². The van der Waals surface area contributed by atoms with Gasteiger partial charge >= 0.3 is 6.18 Å². The molecule has 2 unspecified atom stereocenters. The highest BCUT2D eigenvalue weighted by Gasteiger charge is 2.58. The average Bonchev–Trinajstić information content (AvgIpc) is 2.60. The molecule has 2 nitrogen and oxygen atoms in total. The molecule has 0 fully saturated rings. The first-order chi connectivity index (χ1) is 7.25. The van der Waals surface area contributed by atoms with Gasteiger partial charge in [-0.15, -0.1) is 11.3 Å². The van der Waals surface area contributed by atoms with Crippen molar-refractivity contribution in [3.05, 3.63) is 21.9 Å². The van der Waals surface area contributed by atoms with Crippen LogP contribution in [0.5, 0.6) is 0 Å². The summed E-state index contributed by atoms with van der Waals surface area (Å²) in [7, 11) is 0. The Labute approximate surface area is 95.9 Å². The van der Waals surface area contributed by atoms with E-state index in [0.29, 0.717) is 4.88 Å². The Hall–Kier alpha value is -0.590. The van der Waals surface area contributed by atoms with Crippen molar-refractivity contribution in [1.82, 2.24) is 0 Å². The van der Waals surface area contributed by atoms with Crippen LogP contribution >= 0.6 is 11.3 Å². The lowest BCUT2D eigenvalue weighted by Gasteiger charge is -2.35. The van der Waals surface area contributed by atoms with Crippen LogP contribution in [-0.4, -0.2) is 17.3 Å². The van der Waals surface area contributed by atoms with Crippen LogP contribution in [0.4, 0.5) is 13.2 Å². The lowest BCUT2D eigenvalue weighted by Crippen LogP contribution is -2.55. The predicted molar refractivity (Wildman–Crippen MR) is 57.3 cm³/mol. The van der Waals surface area contributed by atoms with E-state index in [1.54, 1.807) is 6.92 Å². The number of hydrogen-bond acceptors (Lipinski definition) is 3. The summed E-state index contributed by atoms with van der Waals surface area (Å²) in [5.41, 5.74) is 2.34. The Morgan fingerprint density at radius 3 is 2.38 bits per heavy atom. The Bertz CT molecular complexity index is 363. The largest absolute Gasteiger partial charge is 0.423 e. The smallest absolute Gasteiger partial charge is 0.375 e. The van der Waals surface area contributed by atoms with Gasteiger partial charge in [-0.05, 0) is 24.8 Å². The minimum absolute atomic E-state index is 0.0469. The van der Waals surface area contributed by atoms with E-state index in [-0.39, 0.29) is 12.0 Å². The van der Waals surface area contributed by atoms with Crippen LogP contribution in [0.25, 0.3) is 0 Å². The molecule has 0 aliphatic heterocycles. The maximum absolute atomic E-state index is 13.0. The van der Waals surface area contributed by atoms with Gasteiger partial charge in [-0.2, -0.15) is 13.2 Å². The van der Waals surface area contributed by atoms with Crippen molar-refractivity contribution in [2.75, 3.05) is 0 Å². The van der Waals surface area contributed by atoms with Gasteiger partial charge in [0.25, 0.3) is 0 Å². The molecule has 92 valence electrons. The summed E-state index contributed by atoms with van der Waals surface area (Å²) >= 11 is 1.16. The van der Waals surface area contributed by atoms with Gasteiger partial charge in [0.1, 0.15) is 0 Å². The van der Waals surface area contributed by atoms with Crippen LogP contribution in [0.3, 0.4) is 0 Å². The van der Waals surface area contributed by atoms with Gasteiger partial charge in [0.2, 0.25) is 5.60 Å². The zero-order valence-corrected chi connectivity index (χ0v) is 9.82. The van der Waals surface area contributed by atoms with Crippen molar-refractivity contribution in [2.24, 2.45) is 5.73 Å². The maximum atomic E-state index is 13.0. The molecule has 0 amide bonds. The molecule has 0 bridgehead atoms. The number of aryl methyl sites for hydroxylation is 1. The van der Waals surface area contributed by atoms with Gasteiger partial charge in [0.15, 0.2) is 0 Å². The molecule has 0 aromatic carbocycles. The molecule has 0 saturated carbocycles. The number of aliphatic hydroxyl groups is 1. The normalized spacial score (nSPS) is 18.2. The van der Waals surface area contributed by atoms with E-state index >= 15 is 0 Å². The molecule has 3 N–H and O–H groups in total. The third-order valence-electron chi connectivity index (χ3n) is 2.68. The third-order valence-corrected chi connectivity index (χ3v) is 3.52. The van der Waals surface area contributed by atoms with Crippen molar-refractivity contribution in [2.45, 2.75) is 38.1 Å². The Morgan fingerprint density at radius 1 is 1.50 bits per heavy atom. The third kappa shape index (κ3) is 1.97. The molecule has 1 heterocycles. The highest BCUT2D eigenvalue weighted by atomic mass is 32.1. The number of hydrogen-bond donors (Lipinski definition) is 2. The molecule has 0 aliphatic carbocycles. The van der Waals surface area contributed by atoms with E-state index < -0.39 is 17.8 Å². The highest BCUT2D eigenvalue weighted by Crippen LogP contribution is 2.44. The second-order valence-electron chi connectivity index (χ2n) is 3.67. The summed E-state index contributed by atoms with van der Waals surface area (Å²) in [6.07, 6.45) is -4.72. The van der Waals surface area contributed by atoms with Gasteiger partial charge in [0, 0.05) is 16.5 Å². The summed E-state index contributed by atoms with van der Waals surface area (Å²) < 4.78 is 38.9. The SMILES string of the molecule is CCC(N)C(O)(c1ccsc1C)C(F)(F)F. The van der Waals surface area contributed by atoms with Gasteiger partial charge in [0.05, 0.1) is 0 Å². The molecule has 1 aromatic rings. The van der Waals surface area contributed by atoms with Gasteiger partial charge < -0.3 is 10.8 Å². The van der Waals surface area contributed by atoms with Crippen LogP contribution in [-0.2, 0) is 5.60 Å². The van der Waals surface area contributed by atoms with Crippen LogP contribution in [0.2, 0.25) is 0 Å². The zero-order valence-electron chi connectivity index (χ0n) is 9.01. The standard InChI is InChI=1S/C10H14F3NOS/c1-3-8(14)9(15,10(11,12)13)7-4-5-16-6(7)2/h4-5,8,15H,3,14H2,1-2H3. The molecular formula is C10H14F3NOS. The summed E-state index contributed by atoms with van der Waals surface area (Å²) in [6, 6.07) is -0.0796. The van der Waals surface area contributed by atoms with Crippen molar-refractivity contribution in [3.8, 4) is 0 Å². The molecule has 0 radical (unpaired) electrons. The average molecular weight is 253 g/mol. The zero-order chi connectivity index (χ0) is 12.6. The van der Waals surface area contributed by atoms with Gasteiger partial charge in [-0.1, -0.05) is 6.92 Å². The quantitative estimate of drug-likeness (QED) is 0.869. The molecule has 16 heavy (non-hydrogen) atoms. The fourth-order valence-electron chi connectivity index (χ4n) is 1.64. The van der Waals surface area contributed by atoms with E-state index in [4.69, 9.17) is 5.73 Å². The van der Waals surface area contributed by atoms with Crippen molar-refractivity contribution < 1.29 is 18.3 Å². The fraction of sp³-hybridized carbons (Fsp3) is 0.600. The first-order valence-electron chi connectivity index (χ1n) is 4.84. The second-order valence-corrected chi connectivity index (χ2v) is 4.79. The molecular weight excluding hydrogens is 239 g/mol. The van der Waals surface area contributed by atoms with Crippen LogP contribution < -0.4 is 5.73 Å². The van der Waals surface area contributed by atoms with E-state index in [2.05, 4.69) is 0 Å². The molecule has 0 spiro atoms. The number of nitrogens with two attached hydrogens (primary N) is 1. The number of rotatable bonds is 3. The van der Waals surface area contributed by atoms with Crippen LogP contribution in [0.1, 0.15) is 23.8 Å². The molecule has 6 heteroatoms. The predicted octanol–water partition coefficient (Wildman–Crippen LogP) is 2.54. The van der Waals surface area contributed by atoms with Gasteiger partial charge in [-0.3, -0.25) is 0 Å². The van der Waals surface area contributed by atoms with E-state index in [0.717, 1.165) is 11.3 Å². The lowest BCUT2D eigenvalue weighted by molar-refractivity contribution is -0.274. The van der Waals surface area contributed by atoms with E-state index in [9.17, 15) is 18.3 Å². The maximum Gasteiger partial charge on any atom is 0.423 e. The summed E-state index contributed by atoms with van der Waals surface area (Å²) in [5.74, 6) is 0. The Morgan fingerprint density at radius 2 is 2.06 bits per heavy atom. The lowest BCUT2D eigenvalue weighted by atomic mass is 9.85. The molecule has 0 saturated heterocycles. The number of alkyl halides is 3.